The van der Waals surface area contributed by atoms with Crippen LogP contribution in [-0.4, -0.2) is 17.3 Å². The van der Waals surface area contributed by atoms with Crippen molar-refractivity contribution in [1.29, 1.82) is 0 Å². The van der Waals surface area contributed by atoms with Gasteiger partial charge in [0.1, 0.15) is 5.75 Å². The standard InChI is InChI=1S/C12H13BrN2O2/c1-3-10(13)12-15-14-11(17-12)8-5-4-6-9(7-8)16-2/h4-7,10H,3H2,1-2H3. The van der Waals surface area contributed by atoms with Gasteiger partial charge in [-0.05, 0) is 24.6 Å². The Morgan fingerprint density at radius 2 is 2.24 bits per heavy atom. The fraction of sp³-hybridized carbons (Fsp3) is 0.333. The zero-order chi connectivity index (χ0) is 12.3. The third-order valence-electron chi connectivity index (χ3n) is 2.38. The average Bonchev–Trinajstić information content (AvgIpc) is 2.87. The molecule has 0 fully saturated rings. The first-order chi connectivity index (χ1) is 8.24. The summed E-state index contributed by atoms with van der Waals surface area (Å²) >= 11 is 3.48. The molecule has 4 nitrogen and oxygen atoms in total. The molecule has 0 amide bonds. The van der Waals surface area contributed by atoms with Crippen molar-refractivity contribution in [3.8, 4) is 17.2 Å². The average molecular weight is 297 g/mol. The molecule has 0 saturated carbocycles. The van der Waals surface area contributed by atoms with Crippen molar-refractivity contribution < 1.29 is 9.15 Å². The number of hydrogen-bond acceptors (Lipinski definition) is 4. The molecular formula is C12H13BrN2O2. The van der Waals surface area contributed by atoms with Gasteiger partial charge >= 0.3 is 0 Å². The van der Waals surface area contributed by atoms with Gasteiger partial charge in [-0.15, -0.1) is 10.2 Å². The van der Waals surface area contributed by atoms with E-state index in [2.05, 4.69) is 33.1 Å². The molecule has 0 radical (unpaired) electrons. The van der Waals surface area contributed by atoms with Crippen molar-refractivity contribution >= 4 is 15.9 Å². The Bertz CT molecular complexity index is 499. The van der Waals surface area contributed by atoms with Crippen LogP contribution < -0.4 is 4.74 Å². The lowest BCUT2D eigenvalue weighted by atomic mass is 10.2. The van der Waals surface area contributed by atoms with Gasteiger partial charge in [-0.3, -0.25) is 0 Å². The predicted octanol–water partition coefficient (Wildman–Crippen LogP) is 3.59. The quantitative estimate of drug-likeness (QED) is 0.809. The highest BCUT2D eigenvalue weighted by Crippen LogP contribution is 2.28. The summed E-state index contributed by atoms with van der Waals surface area (Å²) < 4.78 is 10.7. The number of halogens is 1. The van der Waals surface area contributed by atoms with Crippen LogP contribution in [0.4, 0.5) is 0 Å². The number of methoxy groups -OCH3 is 1. The molecule has 90 valence electrons. The van der Waals surface area contributed by atoms with Crippen molar-refractivity contribution in [1.82, 2.24) is 10.2 Å². The molecular weight excluding hydrogens is 284 g/mol. The van der Waals surface area contributed by atoms with Crippen molar-refractivity contribution in [2.75, 3.05) is 7.11 Å². The normalized spacial score (nSPS) is 12.4. The molecule has 1 aromatic heterocycles. The van der Waals surface area contributed by atoms with Crippen molar-refractivity contribution in [2.45, 2.75) is 18.2 Å². The fourth-order valence-corrected chi connectivity index (χ4v) is 1.59. The Balaban J connectivity index is 2.30. The van der Waals surface area contributed by atoms with E-state index in [1.165, 1.54) is 0 Å². The van der Waals surface area contributed by atoms with Crippen molar-refractivity contribution in [2.24, 2.45) is 0 Å². The van der Waals surface area contributed by atoms with E-state index in [-0.39, 0.29) is 4.83 Å². The number of nitrogens with zero attached hydrogens (tertiary/aromatic N) is 2. The van der Waals surface area contributed by atoms with Gasteiger partial charge in [-0.2, -0.15) is 0 Å². The molecule has 1 unspecified atom stereocenters. The number of aromatic nitrogens is 2. The van der Waals surface area contributed by atoms with Gasteiger partial charge in [0.25, 0.3) is 0 Å². The van der Waals surface area contributed by atoms with Gasteiger partial charge in [-0.25, -0.2) is 0 Å². The van der Waals surface area contributed by atoms with Crippen LogP contribution in [0.3, 0.4) is 0 Å². The second-order valence-electron chi connectivity index (χ2n) is 3.55. The van der Waals surface area contributed by atoms with E-state index >= 15 is 0 Å². The molecule has 0 aliphatic heterocycles. The van der Waals surface area contributed by atoms with E-state index in [0.717, 1.165) is 17.7 Å². The van der Waals surface area contributed by atoms with Gasteiger partial charge < -0.3 is 9.15 Å². The van der Waals surface area contributed by atoms with Gasteiger partial charge in [0, 0.05) is 5.56 Å². The van der Waals surface area contributed by atoms with Gasteiger partial charge in [0.05, 0.1) is 11.9 Å². The van der Waals surface area contributed by atoms with Gasteiger partial charge in [-0.1, -0.05) is 28.9 Å². The van der Waals surface area contributed by atoms with E-state index < -0.39 is 0 Å². The van der Waals surface area contributed by atoms with E-state index in [4.69, 9.17) is 9.15 Å². The summed E-state index contributed by atoms with van der Waals surface area (Å²) in [4.78, 5) is 0.106. The molecule has 1 aromatic carbocycles. The highest BCUT2D eigenvalue weighted by molar-refractivity contribution is 9.09. The van der Waals surface area contributed by atoms with Gasteiger partial charge in [0.15, 0.2) is 0 Å². The zero-order valence-electron chi connectivity index (χ0n) is 9.68. The number of rotatable bonds is 4. The smallest absolute Gasteiger partial charge is 0.247 e. The molecule has 1 atom stereocenters. The molecule has 17 heavy (non-hydrogen) atoms. The highest BCUT2D eigenvalue weighted by Gasteiger charge is 2.14. The Labute approximate surface area is 108 Å². The van der Waals surface area contributed by atoms with Gasteiger partial charge in [0.2, 0.25) is 11.8 Å². The predicted molar refractivity (Wildman–Crippen MR) is 68.2 cm³/mol. The molecule has 0 N–H and O–H groups in total. The number of alkyl halides is 1. The van der Waals surface area contributed by atoms with Crippen LogP contribution in [0.25, 0.3) is 11.5 Å². The van der Waals surface area contributed by atoms with Crippen LogP contribution in [-0.2, 0) is 0 Å². The maximum Gasteiger partial charge on any atom is 0.247 e. The second kappa shape index (κ2) is 5.31. The minimum Gasteiger partial charge on any atom is -0.497 e. The first kappa shape index (κ1) is 12.1. The van der Waals surface area contributed by atoms with Crippen LogP contribution in [0.1, 0.15) is 24.1 Å². The number of ether oxygens (including phenoxy) is 1. The van der Waals surface area contributed by atoms with Crippen LogP contribution >= 0.6 is 15.9 Å². The van der Waals surface area contributed by atoms with Crippen LogP contribution in [0.15, 0.2) is 28.7 Å². The maximum absolute atomic E-state index is 5.60. The maximum atomic E-state index is 5.60. The topological polar surface area (TPSA) is 48.2 Å². The van der Waals surface area contributed by atoms with Crippen LogP contribution in [0.2, 0.25) is 0 Å². The molecule has 5 heteroatoms. The molecule has 0 aliphatic rings. The first-order valence-corrected chi connectivity index (χ1v) is 6.28. The summed E-state index contributed by atoms with van der Waals surface area (Å²) in [5, 5.41) is 8.04. The monoisotopic (exact) mass is 296 g/mol. The summed E-state index contributed by atoms with van der Waals surface area (Å²) in [7, 11) is 1.63. The Morgan fingerprint density at radius 3 is 2.94 bits per heavy atom. The summed E-state index contributed by atoms with van der Waals surface area (Å²) in [5.74, 6) is 1.88. The molecule has 1 heterocycles. The van der Waals surface area contributed by atoms with E-state index in [1.807, 2.05) is 24.3 Å². The summed E-state index contributed by atoms with van der Waals surface area (Å²) in [5.41, 5.74) is 0.860. The number of benzene rings is 1. The minimum absolute atomic E-state index is 0.106. The van der Waals surface area contributed by atoms with Crippen LogP contribution in [0, 0.1) is 0 Å². The van der Waals surface area contributed by atoms with E-state index in [1.54, 1.807) is 7.11 Å². The minimum atomic E-state index is 0.106. The Morgan fingerprint density at radius 1 is 1.41 bits per heavy atom. The molecule has 0 bridgehead atoms. The lowest BCUT2D eigenvalue weighted by Gasteiger charge is -2.01. The molecule has 2 rings (SSSR count). The highest BCUT2D eigenvalue weighted by atomic mass is 79.9. The van der Waals surface area contributed by atoms with Crippen LogP contribution in [0.5, 0.6) is 5.75 Å². The Kier molecular flexibility index (Phi) is 3.78. The first-order valence-electron chi connectivity index (χ1n) is 5.36. The largest absolute Gasteiger partial charge is 0.497 e. The SMILES string of the molecule is CCC(Br)c1nnc(-c2cccc(OC)c2)o1. The number of hydrogen-bond donors (Lipinski definition) is 0. The molecule has 0 saturated heterocycles. The Hall–Kier alpha value is -1.36. The van der Waals surface area contributed by atoms with E-state index in [0.29, 0.717) is 11.8 Å². The van der Waals surface area contributed by atoms with Crippen molar-refractivity contribution in [3.63, 3.8) is 0 Å². The molecule has 2 aromatic rings. The fourth-order valence-electron chi connectivity index (χ4n) is 1.41. The van der Waals surface area contributed by atoms with Crippen molar-refractivity contribution in [3.05, 3.63) is 30.2 Å². The lowest BCUT2D eigenvalue weighted by Crippen LogP contribution is -1.86. The summed E-state index contributed by atoms with van der Waals surface area (Å²) in [6, 6.07) is 7.55. The third kappa shape index (κ3) is 2.66. The summed E-state index contributed by atoms with van der Waals surface area (Å²) in [6.07, 6.45) is 0.903. The third-order valence-corrected chi connectivity index (χ3v) is 3.42. The summed E-state index contributed by atoms with van der Waals surface area (Å²) in [6.45, 7) is 2.05. The zero-order valence-corrected chi connectivity index (χ0v) is 11.3. The second-order valence-corrected chi connectivity index (χ2v) is 4.66. The van der Waals surface area contributed by atoms with E-state index in [9.17, 15) is 0 Å². The molecule has 0 aliphatic carbocycles. The molecule has 0 spiro atoms. The lowest BCUT2D eigenvalue weighted by molar-refractivity contribution is 0.414.